The van der Waals surface area contributed by atoms with Crippen LogP contribution in [0.4, 0.5) is 0 Å². The van der Waals surface area contributed by atoms with Crippen molar-refractivity contribution in [3.05, 3.63) is 140 Å². The van der Waals surface area contributed by atoms with E-state index in [1.807, 2.05) is 91.0 Å². The van der Waals surface area contributed by atoms with E-state index < -0.39 is 0 Å². The number of para-hydroxylation sites is 6. The van der Waals surface area contributed by atoms with E-state index in [1.54, 1.807) is 0 Å². The van der Waals surface area contributed by atoms with Gasteiger partial charge in [-0.2, -0.15) is 0 Å². The second-order valence-electron chi connectivity index (χ2n) is 11.5. The molecule has 0 aliphatic rings. The first-order chi connectivity index (χ1) is 23.3. The Bertz CT molecular complexity index is 2610. The molecule has 0 bridgehead atoms. The van der Waals surface area contributed by atoms with Crippen molar-refractivity contribution < 1.29 is 8.83 Å². The summed E-state index contributed by atoms with van der Waals surface area (Å²) in [7, 11) is 0. The van der Waals surface area contributed by atoms with E-state index in [-0.39, 0.29) is 0 Å². The molecule has 0 spiro atoms. The molecule has 0 saturated carbocycles. The monoisotopic (exact) mass is 605 g/mol. The number of oxazole rings is 2. The Morgan fingerprint density at radius 2 is 0.894 bits per heavy atom. The van der Waals surface area contributed by atoms with Gasteiger partial charge >= 0.3 is 0 Å². The summed E-state index contributed by atoms with van der Waals surface area (Å²) in [5.41, 5.74) is 10.3. The number of rotatable bonds is 4. The highest BCUT2D eigenvalue weighted by Gasteiger charge is 2.21. The molecule has 6 aromatic carbocycles. The Morgan fingerprint density at radius 3 is 1.45 bits per heavy atom. The van der Waals surface area contributed by atoms with Crippen LogP contribution in [0.3, 0.4) is 0 Å². The lowest BCUT2D eigenvalue weighted by molar-refractivity contribution is 0.619. The van der Waals surface area contributed by atoms with Crippen LogP contribution in [0.1, 0.15) is 0 Å². The second kappa shape index (κ2) is 9.95. The third kappa shape index (κ3) is 4.07. The van der Waals surface area contributed by atoms with Gasteiger partial charge in [0.05, 0.1) is 22.1 Å². The van der Waals surface area contributed by atoms with Crippen LogP contribution in [-0.2, 0) is 0 Å². The maximum Gasteiger partial charge on any atom is 0.227 e. The predicted octanol–water partition coefficient (Wildman–Crippen LogP) is 10.0. The molecule has 0 saturated heterocycles. The molecule has 7 heteroatoms. The number of hydrogen-bond acceptors (Lipinski definition) is 6. The zero-order valence-corrected chi connectivity index (χ0v) is 24.8. The van der Waals surface area contributed by atoms with Crippen molar-refractivity contribution in [2.75, 3.05) is 0 Å². The first kappa shape index (κ1) is 25.7. The van der Waals surface area contributed by atoms with Crippen molar-refractivity contribution in [3.8, 4) is 40.0 Å². The fraction of sp³-hybridized carbons (Fsp3) is 0. The Kier molecular flexibility index (Phi) is 5.44. The van der Waals surface area contributed by atoms with Crippen LogP contribution in [0.15, 0.2) is 148 Å². The van der Waals surface area contributed by atoms with Gasteiger partial charge < -0.3 is 8.83 Å². The number of fused-ring (bicyclic) bond motifs is 6. The minimum Gasteiger partial charge on any atom is -0.436 e. The summed E-state index contributed by atoms with van der Waals surface area (Å²) >= 11 is 0. The number of nitrogens with zero attached hydrogens (tertiary/aromatic N) is 5. The summed E-state index contributed by atoms with van der Waals surface area (Å²) in [4.78, 5) is 20.0. The van der Waals surface area contributed by atoms with E-state index in [9.17, 15) is 0 Å². The first-order valence-corrected chi connectivity index (χ1v) is 15.4. The molecule has 0 aliphatic carbocycles. The highest BCUT2D eigenvalue weighted by Crippen LogP contribution is 2.39. The van der Waals surface area contributed by atoms with E-state index in [0.29, 0.717) is 11.8 Å². The SMILES string of the molecule is c1ccc(-c2nc3ccccc3nc2-n2c3ccc(-c4nc5ccccc5o4)cc3c3cc(-c4nc5ccccc5o4)ccc32)cc1. The molecule has 0 unspecified atom stereocenters. The van der Waals surface area contributed by atoms with Gasteiger partial charge in [-0.25, -0.2) is 19.9 Å². The van der Waals surface area contributed by atoms with Crippen molar-refractivity contribution in [2.24, 2.45) is 0 Å². The molecule has 0 fully saturated rings. The summed E-state index contributed by atoms with van der Waals surface area (Å²) in [6.45, 7) is 0. The van der Waals surface area contributed by atoms with E-state index in [1.165, 1.54) is 0 Å². The first-order valence-electron chi connectivity index (χ1n) is 15.4. The fourth-order valence-electron chi connectivity index (χ4n) is 6.45. The fourth-order valence-corrected chi connectivity index (χ4v) is 6.45. The van der Waals surface area contributed by atoms with Crippen LogP contribution in [0, 0.1) is 0 Å². The van der Waals surface area contributed by atoms with Crippen LogP contribution in [0.5, 0.6) is 0 Å². The van der Waals surface area contributed by atoms with Gasteiger partial charge in [0.2, 0.25) is 11.8 Å². The van der Waals surface area contributed by atoms with Crippen molar-refractivity contribution in [2.45, 2.75) is 0 Å². The summed E-state index contributed by atoms with van der Waals surface area (Å²) in [6, 6.07) is 46.5. The molecular formula is C40H23N5O2. The molecule has 220 valence electrons. The van der Waals surface area contributed by atoms with E-state index in [4.69, 9.17) is 28.8 Å². The standard InChI is InChI=1S/C40H23N5O2/c1-2-10-24(11-3-1)37-38(42-30-13-5-4-12-29(30)41-37)45-33-20-18-25(39-43-31-14-6-8-16-35(31)46-39)22-27(33)28-23-26(19-21-34(28)45)40-44-32-15-7-9-17-36(32)47-40/h1-23H. The number of hydrogen-bond donors (Lipinski definition) is 0. The quantitative estimate of drug-likeness (QED) is 0.199. The second-order valence-corrected chi connectivity index (χ2v) is 11.5. The normalized spacial score (nSPS) is 11.8. The van der Waals surface area contributed by atoms with Gasteiger partial charge in [0.1, 0.15) is 16.7 Å². The van der Waals surface area contributed by atoms with Crippen LogP contribution >= 0.6 is 0 Å². The van der Waals surface area contributed by atoms with Gasteiger partial charge in [-0.15, -0.1) is 0 Å². The average molecular weight is 606 g/mol. The lowest BCUT2D eigenvalue weighted by Gasteiger charge is -2.13. The third-order valence-corrected chi connectivity index (χ3v) is 8.66. The molecule has 10 aromatic rings. The molecule has 10 rings (SSSR count). The smallest absolute Gasteiger partial charge is 0.227 e. The van der Waals surface area contributed by atoms with E-state index >= 15 is 0 Å². The van der Waals surface area contributed by atoms with Crippen molar-refractivity contribution in [3.63, 3.8) is 0 Å². The van der Waals surface area contributed by atoms with Crippen molar-refractivity contribution >= 4 is 55.0 Å². The van der Waals surface area contributed by atoms with Crippen molar-refractivity contribution in [1.29, 1.82) is 0 Å². The van der Waals surface area contributed by atoms with Crippen molar-refractivity contribution in [1.82, 2.24) is 24.5 Å². The highest BCUT2D eigenvalue weighted by molar-refractivity contribution is 6.12. The molecule has 4 aromatic heterocycles. The number of aromatic nitrogens is 5. The van der Waals surface area contributed by atoms with E-state index in [2.05, 4.69) is 53.1 Å². The largest absolute Gasteiger partial charge is 0.436 e. The lowest BCUT2D eigenvalue weighted by atomic mass is 10.1. The summed E-state index contributed by atoms with van der Waals surface area (Å²) < 4.78 is 14.6. The molecule has 0 N–H and O–H groups in total. The number of benzene rings is 6. The van der Waals surface area contributed by atoms with Gasteiger partial charge in [-0.1, -0.05) is 66.7 Å². The summed E-state index contributed by atoms with van der Waals surface area (Å²) in [6.07, 6.45) is 0. The Labute approximate surface area is 267 Å². The Hall–Kier alpha value is -6.60. The Morgan fingerprint density at radius 1 is 0.404 bits per heavy atom. The van der Waals surface area contributed by atoms with Gasteiger partial charge in [0.15, 0.2) is 17.0 Å². The minimum atomic E-state index is 0.569. The minimum absolute atomic E-state index is 0.569. The van der Waals surface area contributed by atoms with Crippen LogP contribution in [0.25, 0.3) is 95.0 Å². The molecule has 4 heterocycles. The molecule has 7 nitrogen and oxygen atoms in total. The maximum absolute atomic E-state index is 6.19. The zero-order valence-electron chi connectivity index (χ0n) is 24.8. The van der Waals surface area contributed by atoms with Gasteiger partial charge in [-0.05, 0) is 72.8 Å². The Balaban J connectivity index is 1.28. The maximum atomic E-state index is 6.19. The highest BCUT2D eigenvalue weighted by atomic mass is 16.4. The molecule has 0 radical (unpaired) electrons. The topological polar surface area (TPSA) is 82.8 Å². The molecule has 0 amide bonds. The zero-order chi connectivity index (χ0) is 30.9. The van der Waals surface area contributed by atoms with Gasteiger partial charge in [-0.3, -0.25) is 4.57 Å². The van der Waals surface area contributed by atoms with Crippen LogP contribution < -0.4 is 0 Å². The summed E-state index contributed by atoms with van der Waals surface area (Å²) in [5.74, 6) is 1.89. The molecular weight excluding hydrogens is 582 g/mol. The predicted molar refractivity (Wildman–Crippen MR) is 185 cm³/mol. The third-order valence-electron chi connectivity index (χ3n) is 8.66. The lowest BCUT2D eigenvalue weighted by Crippen LogP contribution is -2.03. The summed E-state index contributed by atoms with van der Waals surface area (Å²) in [5, 5.41) is 2.04. The van der Waals surface area contributed by atoms with Crippen LogP contribution in [-0.4, -0.2) is 24.5 Å². The molecule has 0 aliphatic heterocycles. The van der Waals surface area contributed by atoms with E-state index in [0.717, 1.165) is 83.2 Å². The van der Waals surface area contributed by atoms with Crippen LogP contribution in [0.2, 0.25) is 0 Å². The average Bonchev–Trinajstić information content (AvgIpc) is 3.85. The van der Waals surface area contributed by atoms with Gasteiger partial charge in [0.25, 0.3) is 0 Å². The van der Waals surface area contributed by atoms with Gasteiger partial charge in [0, 0.05) is 27.5 Å². The molecule has 0 atom stereocenters. The molecule has 47 heavy (non-hydrogen) atoms.